The van der Waals surface area contributed by atoms with Gasteiger partial charge in [0.05, 0.1) is 11.9 Å². The SMILES string of the molecule is COc1c(C)cc(C(Br)c2cc(F)cc(F)c2)cc1C. The number of rotatable bonds is 3. The Hall–Kier alpha value is -1.42. The third-order valence-corrected chi connectivity index (χ3v) is 4.21. The minimum absolute atomic E-state index is 0.268. The number of methoxy groups -OCH3 is 1. The molecule has 1 unspecified atom stereocenters. The molecule has 2 aromatic carbocycles. The molecule has 0 saturated heterocycles. The van der Waals surface area contributed by atoms with Gasteiger partial charge in [-0.2, -0.15) is 0 Å². The lowest BCUT2D eigenvalue weighted by atomic mass is 9.99. The van der Waals surface area contributed by atoms with Gasteiger partial charge >= 0.3 is 0 Å². The van der Waals surface area contributed by atoms with Gasteiger partial charge in [0.1, 0.15) is 17.4 Å². The highest BCUT2D eigenvalue weighted by molar-refractivity contribution is 9.09. The summed E-state index contributed by atoms with van der Waals surface area (Å²) in [4.78, 5) is -0.268. The third kappa shape index (κ3) is 3.01. The van der Waals surface area contributed by atoms with Crippen molar-refractivity contribution in [2.45, 2.75) is 18.7 Å². The summed E-state index contributed by atoms with van der Waals surface area (Å²) in [5.41, 5.74) is 3.46. The van der Waals surface area contributed by atoms with E-state index in [0.29, 0.717) is 5.56 Å². The highest BCUT2D eigenvalue weighted by Crippen LogP contribution is 2.35. The van der Waals surface area contributed by atoms with Gasteiger partial charge in [-0.25, -0.2) is 8.78 Å². The molecule has 1 atom stereocenters. The Morgan fingerprint density at radius 1 is 0.900 bits per heavy atom. The van der Waals surface area contributed by atoms with E-state index in [2.05, 4.69) is 15.9 Å². The van der Waals surface area contributed by atoms with E-state index in [9.17, 15) is 8.78 Å². The van der Waals surface area contributed by atoms with Crippen LogP contribution in [0, 0.1) is 25.5 Å². The maximum absolute atomic E-state index is 13.3. The van der Waals surface area contributed by atoms with Gasteiger partial charge in [-0.1, -0.05) is 28.1 Å². The van der Waals surface area contributed by atoms with Gasteiger partial charge in [-0.3, -0.25) is 0 Å². The van der Waals surface area contributed by atoms with Crippen LogP contribution in [0.3, 0.4) is 0 Å². The number of hydrogen-bond acceptors (Lipinski definition) is 1. The summed E-state index contributed by atoms with van der Waals surface area (Å²) in [6.07, 6.45) is 0. The first kappa shape index (κ1) is 15.0. The zero-order chi connectivity index (χ0) is 14.9. The van der Waals surface area contributed by atoms with E-state index < -0.39 is 11.6 Å². The molecule has 0 bridgehead atoms. The largest absolute Gasteiger partial charge is 0.496 e. The van der Waals surface area contributed by atoms with E-state index in [1.54, 1.807) is 7.11 Å². The molecule has 0 saturated carbocycles. The fraction of sp³-hybridized carbons (Fsp3) is 0.250. The van der Waals surface area contributed by atoms with Crippen LogP contribution in [-0.4, -0.2) is 7.11 Å². The molecule has 0 fully saturated rings. The second-order valence-corrected chi connectivity index (χ2v) is 5.67. The minimum Gasteiger partial charge on any atom is -0.496 e. The van der Waals surface area contributed by atoms with Gasteiger partial charge in [0.2, 0.25) is 0 Å². The minimum atomic E-state index is -0.577. The monoisotopic (exact) mass is 340 g/mol. The van der Waals surface area contributed by atoms with E-state index >= 15 is 0 Å². The summed E-state index contributed by atoms with van der Waals surface area (Å²) < 4.78 is 31.9. The van der Waals surface area contributed by atoms with Gasteiger partial charge in [-0.15, -0.1) is 0 Å². The Morgan fingerprint density at radius 2 is 1.35 bits per heavy atom. The van der Waals surface area contributed by atoms with E-state index in [4.69, 9.17) is 4.74 Å². The Kier molecular flexibility index (Phi) is 4.43. The fourth-order valence-electron chi connectivity index (χ4n) is 2.37. The Bertz CT molecular complexity index is 597. The van der Waals surface area contributed by atoms with Crippen molar-refractivity contribution in [2.75, 3.05) is 7.11 Å². The lowest BCUT2D eigenvalue weighted by molar-refractivity contribution is 0.408. The van der Waals surface area contributed by atoms with E-state index in [1.165, 1.54) is 12.1 Å². The molecule has 0 spiro atoms. The lowest BCUT2D eigenvalue weighted by Gasteiger charge is -2.16. The molecule has 1 nitrogen and oxygen atoms in total. The number of alkyl halides is 1. The Morgan fingerprint density at radius 3 is 1.80 bits per heavy atom. The first-order valence-corrected chi connectivity index (χ1v) is 7.09. The second-order valence-electron chi connectivity index (χ2n) is 4.75. The van der Waals surface area contributed by atoms with Gasteiger partial charge < -0.3 is 4.74 Å². The molecule has 20 heavy (non-hydrogen) atoms. The van der Waals surface area contributed by atoms with Crippen LogP contribution in [0.4, 0.5) is 8.78 Å². The maximum Gasteiger partial charge on any atom is 0.126 e. The molecule has 0 aliphatic heterocycles. The quantitative estimate of drug-likeness (QED) is 0.708. The summed E-state index contributed by atoms with van der Waals surface area (Å²) in [7, 11) is 1.63. The predicted molar refractivity (Wildman–Crippen MR) is 79.6 cm³/mol. The number of hydrogen-bond donors (Lipinski definition) is 0. The van der Waals surface area contributed by atoms with Gasteiger partial charge in [0, 0.05) is 6.07 Å². The molecular formula is C16H15BrF2O. The van der Waals surface area contributed by atoms with Crippen LogP contribution < -0.4 is 4.74 Å². The van der Waals surface area contributed by atoms with Crippen molar-refractivity contribution in [3.05, 3.63) is 64.2 Å². The number of aryl methyl sites for hydroxylation is 2. The molecule has 0 heterocycles. The molecule has 2 aromatic rings. The van der Waals surface area contributed by atoms with Crippen LogP contribution in [0.1, 0.15) is 27.1 Å². The number of ether oxygens (including phenoxy) is 1. The summed E-state index contributed by atoms with van der Waals surface area (Å²) in [6.45, 7) is 3.89. The van der Waals surface area contributed by atoms with Crippen molar-refractivity contribution < 1.29 is 13.5 Å². The molecule has 0 radical (unpaired) electrons. The molecule has 0 aliphatic rings. The second kappa shape index (κ2) is 5.92. The molecule has 0 amide bonds. The molecular weight excluding hydrogens is 326 g/mol. The summed E-state index contributed by atoms with van der Waals surface area (Å²) in [6, 6.07) is 7.44. The third-order valence-electron chi connectivity index (χ3n) is 3.16. The zero-order valence-corrected chi connectivity index (χ0v) is 13.1. The van der Waals surface area contributed by atoms with Crippen molar-refractivity contribution in [1.82, 2.24) is 0 Å². The Balaban J connectivity index is 2.45. The fourth-order valence-corrected chi connectivity index (χ4v) is 2.89. The molecule has 106 valence electrons. The highest BCUT2D eigenvalue weighted by atomic mass is 79.9. The predicted octanol–water partition coefficient (Wildman–Crippen LogP) is 5.07. The maximum atomic E-state index is 13.3. The van der Waals surface area contributed by atoms with Crippen molar-refractivity contribution in [3.8, 4) is 5.75 Å². The van der Waals surface area contributed by atoms with Crippen molar-refractivity contribution >= 4 is 15.9 Å². The van der Waals surface area contributed by atoms with E-state index in [-0.39, 0.29) is 4.83 Å². The standard InChI is InChI=1S/C16H15BrF2O/c1-9-4-11(5-10(2)16(9)20-3)15(17)12-6-13(18)8-14(19)7-12/h4-8,15H,1-3H3. The average Bonchev–Trinajstić information content (AvgIpc) is 2.36. The van der Waals surface area contributed by atoms with Gasteiger partial charge in [-0.05, 0) is 48.2 Å². The topological polar surface area (TPSA) is 9.23 Å². The van der Waals surface area contributed by atoms with Crippen LogP contribution >= 0.6 is 15.9 Å². The number of halogens is 3. The van der Waals surface area contributed by atoms with E-state index in [1.807, 2.05) is 26.0 Å². The van der Waals surface area contributed by atoms with Crippen LogP contribution in [-0.2, 0) is 0 Å². The lowest BCUT2D eigenvalue weighted by Crippen LogP contribution is -1.99. The summed E-state index contributed by atoms with van der Waals surface area (Å²) in [5.74, 6) is -0.323. The number of benzene rings is 2. The first-order valence-electron chi connectivity index (χ1n) is 6.17. The van der Waals surface area contributed by atoms with Crippen molar-refractivity contribution in [2.24, 2.45) is 0 Å². The normalized spacial score (nSPS) is 12.3. The average molecular weight is 341 g/mol. The molecule has 0 aliphatic carbocycles. The molecule has 0 aromatic heterocycles. The summed E-state index contributed by atoms with van der Waals surface area (Å²) in [5, 5.41) is 0. The smallest absolute Gasteiger partial charge is 0.126 e. The highest BCUT2D eigenvalue weighted by Gasteiger charge is 2.15. The molecule has 2 rings (SSSR count). The summed E-state index contributed by atoms with van der Waals surface area (Å²) >= 11 is 3.50. The van der Waals surface area contributed by atoms with Crippen LogP contribution in [0.2, 0.25) is 0 Å². The zero-order valence-electron chi connectivity index (χ0n) is 11.5. The Labute approximate surface area is 125 Å². The van der Waals surface area contributed by atoms with Gasteiger partial charge in [0.15, 0.2) is 0 Å². The van der Waals surface area contributed by atoms with Crippen LogP contribution in [0.5, 0.6) is 5.75 Å². The molecule has 4 heteroatoms. The van der Waals surface area contributed by atoms with Crippen LogP contribution in [0.15, 0.2) is 30.3 Å². The molecule has 0 N–H and O–H groups in total. The van der Waals surface area contributed by atoms with Crippen LogP contribution in [0.25, 0.3) is 0 Å². The van der Waals surface area contributed by atoms with Crippen molar-refractivity contribution in [1.29, 1.82) is 0 Å². The van der Waals surface area contributed by atoms with E-state index in [0.717, 1.165) is 28.5 Å². The van der Waals surface area contributed by atoms with Crippen molar-refractivity contribution in [3.63, 3.8) is 0 Å². The first-order chi connectivity index (χ1) is 9.42. The van der Waals surface area contributed by atoms with Gasteiger partial charge in [0.25, 0.3) is 0 Å².